The van der Waals surface area contributed by atoms with Gasteiger partial charge < -0.3 is 24.7 Å². The fraction of sp³-hybridized carbons (Fsp3) is 0.435. The maximum atomic E-state index is 12.4. The number of hydrogen-bond acceptors (Lipinski definition) is 9. The van der Waals surface area contributed by atoms with Gasteiger partial charge in [-0.2, -0.15) is 0 Å². The number of H-pyrrole nitrogens is 1. The quantitative estimate of drug-likeness (QED) is 0.482. The summed E-state index contributed by atoms with van der Waals surface area (Å²) >= 11 is 6.04. The van der Waals surface area contributed by atoms with Crippen LogP contribution in [0.2, 0.25) is 5.02 Å². The summed E-state index contributed by atoms with van der Waals surface area (Å²) in [5.41, 5.74) is 6.09. The zero-order valence-electron chi connectivity index (χ0n) is 19.4. The molecular weight excluding hydrogens is 478 g/mol. The van der Waals surface area contributed by atoms with E-state index in [4.69, 9.17) is 36.3 Å². The fourth-order valence-corrected chi connectivity index (χ4v) is 4.74. The van der Waals surface area contributed by atoms with Crippen LogP contribution in [0, 0.1) is 0 Å². The van der Waals surface area contributed by atoms with Crippen LogP contribution < -0.4 is 11.3 Å². The highest BCUT2D eigenvalue weighted by atomic mass is 35.5. The number of aromatic amines is 1. The predicted octanol–water partition coefficient (Wildman–Crippen LogP) is 1.68. The maximum Gasteiger partial charge on any atom is 0.320 e. The number of esters is 1. The summed E-state index contributed by atoms with van der Waals surface area (Å²) in [4.78, 5) is 28.8. The lowest BCUT2D eigenvalue weighted by Gasteiger charge is -2.27. The second-order valence-electron chi connectivity index (χ2n) is 9.11. The van der Waals surface area contributed by atoms with Gasteiger partial charge in [-0.25, -0.2) is 4.52 Å². The van der Waals surface area contributed by atoms with Gasteiger partial charge in [-0.05, 0) is 45.3 Å². The van der Waals surface area contributed by atoms with Crippen molar-refractivity contribution in [2.24, 2.45) is 0 Å². The summed E-state index contributed by atoms with van der Waals surface area (Å²) in [6, 6.07) is 10.5. The topological polar surface area (TPSA) is 133 Å². The summed E-state index contributed by atoms with van der Waals surface area (Å²) in [7, 11) is 3.56. The van der Waals surface area contributed by atoms with Crippen molar-refractivity contribution in [2.75, 3.05) is 33.0 Å². The van der Waals surface area contributed by atoms with Gasteiger partial charge in [0.1, 0.15) is 36.0 Å². The number of carbonyl (C=O) groups is 1. The lowest BCUT2D eigenvalue weighted by atomic mass is 9.91. The van der Waals surface area contributed by atoms with Gasteiger partial charge in [0, 0.05) is 10.6 Å². The van der Waals surface area contributed by atoms with E-state index in [1.165, 1.54) is 4.52 Å². The molecule has 11 nitrogen and oxygen atoms in total. The average molecular weight is 504 g/mol. The molecule has 0 aliphatic carbocycles. The van der Waals surface area contributed by atoms with E-state index in [2.05, 4.69) is 10.1 Å². The third kappa shape index (κ3) is 4.30. The van der Waals surface area contributed by atoms with E-state index in [0.717, 1.165) is 5.56 Å². The van der Waals surface area contributed by atoms with Crippen molar-refractivity contribution in [1.29, 1.82) is 0 Å². The van der Waals surface area contributed by atoms with Crippen LogP contribution >= 0.6 is 11.6 Å². The van der Waals surface area contributed by atoms with Gasteiger partial charge in [0.15, 0.2) is 6.29 Å². The zero-order chi connectivity index (χ0) is 24.9. The van der Waals surface area contributed by atoms with Gasteiger partial charge in [-0.15, -0.1) is 5.10 Å². The molecule has 0 amide bonds. The Balaban J connectivity index is 1.49. The number of nitrogen functional groups attached to an aromatic ring is 1. The summed E-state index contributed by atoms with van der Waals surface area (Å²) in [6.45, 7) is 1.98. The minimum absolute atomic E-state index is 0.0282. The molecule has 35 heavy (non-hydrogen) atoms. The summed E-state index contributed by atoms with van der Waals surface area (Å²) in [5.74, 6) is -0.414. The Hall–Kier alpha value is -2.96. The number of carbonyl (C=O) groups excluding carboxylic acids is 1. The number of nitrogens with two attached hydrogens (primary N) is 1. The van der Waals surface area contributed by atoms with Crippen LogP contribution in [0.5, 0.6) is 0 Å². The molecule has 0 saturated carbocycles. The molecule has 2 aliphatic rings. The summed E-state index contributed by atoms with van der Waals surface area (Å²) in [5, 5.41) is 4.86. The second kappa shape index (κ2) is 8.92. The van der Waals surface area contributed by atoms with E-state index in [9.17, 15) is 9.59 Å². The largest absolute Gasteiger partial charge is 0.462 e. The number of anilines is 1. The maximum absolute atomic E-state index is 12.4. The second-order valence-corrected chi connectivity index (χ2v) is 9.55. The first kappa shape index (κ1) is 23.8. The van der Waals surface area contributed by atoms with Gasteiger partial charge in [0.05, 0.1) is 12.2 Å². The van der Waals surface area contributed by atoms with Crippen LogP contribution in [-0.4, -0.2) is 70.5 Å². The molecule has 2 saturated heterocycles. The van der Waals surface area contributed by atoms with Crippen LogP contribution in [0.25, 0.3) is 5.52 Å². The first-order valence-corrected chi connectivity index (χ1v) is 11.5. The standard InChI is InChI=1S/C23H26ClN5O6/c1-23-18(14-8-9-15-20(31)26-22(25)27-29(14)15)33-16(11-32-17(30)10-28(2)3)19(23)34-21(35-23)12-4-6-13(24)7-5-12/h4-9,16,18-19,21H,10-11H2,1-3H3,(H3,25,26,27,31)/t16-,18+,19-,21?,23+/m1/s1. The zero-order valence-corrected chi connectivity index (χ0v) is 20.2. The first-order chi connectivity index (χ1) is 16.7. The average Bonchev–Trinajstić information content (AvgIpc) is 3.42. The molecule has 2 aliphatic heterocycles. The lowest BCUT2D eigenvalue weighted by Crippen LogP contribution is -2.41. The van der Waals surface area contributed by atoms with Crippen LogP contribution in [0.4, 0.5) is 5.95 Å². The highest BCUT2D eigenvalue weighted by Crippen LogP contribution is 2.53. The van der Waals surface area contributed by atoms with Gasteiger partial charge in [-0.3, -0.25) is 19.5 Å². The first-order valence-electron chi connectivity index (χ1n) is 11.1. The van der Waals surface area contributed by atoms with Gasteiger partial charge in [0.2, 0.25) is 5.95 Å². The Morgan fingerprint density at radius 3 is 2.71 bits per heavy atom. The molecule has 2 fully saturated rings. The van der Waals surface area contributed by atoms with Crippen molar-refractivity contribution >= 4 is 29.0 Å². The summed E-state index contributed by atoms with van der Waals surface area (Å²) in [6.07, 6.45) is -2.59. The number of rotatable bonds is 6. The SMILES string of the molecule is CN(C)CC(=O)OC[C@H]1O[C@@H](c2ccc3c(=O)[nH]c(N)nn23)[C@]2(C)OC(c3ccc(Cl)cc3)O[C@H]12. The van der Waals surface area contributed by atoms with Crippen LogP contribution in [0.1, 0.15) is 30.6 Å². The number of fused-ring (bicyclic) bond motifs is 2. The van der Waals surface area contributed by atoms with Gasteiger partial charge in [-0.1, -0.05) is 23.7 Å². The van der Waals surface area contributed by atoms with E-state index in [1.807, 2.05) is 19.1 Å². The summed E-state index contributed by atoms with van der Waals surface area (Å²) < 4.78 is 26.0. The fourth-order valence-electron chi connectivity index (χ4n) is 4.62. The van der Waals surface area contributed by atoms with E-state index in [0.29, 0.717) is 16.2 Å². The van der Waals surface area contributed by atoms with Gasteiger partial charge in [0.25, 0.3) is 5.56 Å². The number of aromatic nitrogens is 3. The molecular formula is C23H26ClN5O6. The number of nitrogens with one attached hydrogen (secondary N) is 1. The van der Waals surface area contributed by atoms with Crippen LogP contribution in [0.3, 0.4) is 0 Å². The third-order valence-electron chi connectivity index (χ3n) is 6.20. The highest BCUT2D eigenvalue weighted by molar-refractivity contribution is 6.30. The predicted molar refractivity (Wildman–Crippen MR) is 126 cm³/mol. The van der Waals surface area contributed by atoms with E-state index in [1.54, 1.807) is 43.3 Å². The molecule has 4 heterocycles. The monoisotopic (exact) mass is 503 g/mol. The van der Waals surface area contributed by atoms with Crippen molar-refractivity contribution in [1.82, 2.24) is 19.5 Å². The highest BCUT2D eigenvalue weighted by Gasteiger charge is 2.62. The molecule has 1 unspecified atom stereocenters. The van der Waals surface area contributed by atoms with E-state index < -0.39 is 30.2 Å². The van der Waals surface area contributed by atoms with Crippen LogP contribution in [0.15, 0.2) is 41.2 Å². The lowest BCUT2D eigenvalue weighted by molar-refractivity contribution is -0.167. The molecule has 0 spiro atoms. The molecule has 186 valence electrons. The molecule has 12 heteroatoms. The molecule has 1 aromatic carbocycles. The number of benzene rings is 1. The normalized spacial score (nSPS) is 28.0. The third-order valence-corrected chi connectivity index (χ3v) is 6.45. The van der Waals surface area contributed by atoms with Crippen molar-refractivity contribution < 1.29 is 23.7 Å². The number of halogens is 1. The van der Waals surface area contributed by atoms with Gasteiger partial charge >= 0.3 is 5.97 Å². The molecule has 0 radical (unpaired) electrons. The molecule has 2 aromatic heterocycles. The number of nitrogens with zero attached hydrogens (tertiary/aromatic N) is 3. The molecule has 5 atom stereocenters. The van der Waals surface area contributed by atoms with E-state index in [-0.39, 0.29) is 30.6 Å². The molecule has 0 bridgehead atoms. The van der Waals surface area contributed by atoms with Crippen molar-refractivity contribution in [3.63, 3.8) is 0 Å². The molecule has 3 N–H and O–H groups in total. The minimum atomic E-state index is -0.990. The van der Waals surface area contributed by atoms with E-state index >= 15 is 0 Å². The Morgan fingerprint density at radius 2 is 2.00 bits per heavy atom. The van der Waals surface area contributed by atoms with Crippen LogP contribution in [-0.2, 0) is 23.7 Å². The molecule has 3 aromatic rings. The number of hydrogen-bond donors (Lipinski definition) is 2. The Morgan fingerprint density at radius 1 is 1.26 bits per heavy atom. The van der Waals surface area contributed by atoms with Crippen molar-refractivity contribution in [3.8, 4) is 0 Å². The number of ether oxygens (including phenoxy) is 4. The Kier molecular flexibility index (Phi) is 6.06. The molecule has 5 rings (SSSR count). The van der Waals surface area contributed by atoms with Crippen molar-refractivity contribution in [2.45, 2.75) is 37.1 Å². The Labute approximate surface area is 205 Å². The minimum Gasteiger partial charge on any atom is -0.462 e. The van der Waals surface area contributed by atoms with Crippen molar-refractivity contribution in [3.05, 3.63) is 63.0 Å². The number of likely N-dealkylation sites (N-methyl/N-ethyl adjacent to an activating group) is 1. The Bertz CT molecular complexity index is 1310. The smallest absolute Gasteiger partial charge is 0.320 e.